The number of anilines is 1. The number of Topliss-reactive ketones (excluding diaryl/α,β-unsaturated/α-hetero) is 1. The molecule has 0 radical (unpaired) electrons. The number of carbonyl (C=O) groups is 2. The van der Waals surface area contributed by atoms with Crippen molar-refractivity contribution in [3.63, 3.8) is 0 Å². The SMILES string of the molecule is CCOc1cccc(C2/C(=C(\O)c3c(C)nc4ccccn34)C(=O)C(=O)N2c2nnc(SCc3ccc(F)cc3)s2)c1. The molecular formula is C30H24FN5O4S2. The average Bonchev–Trinajstić information content (AvgIpc) is 3.66. The minimum absolute atomic E-state index is 0.0851. The highest BCUT2D eigenvalue weighted by Gasteiger charge is 2.49. The number of ketones is 1. The Balaban J connectivity index is 1.44. The van der Waals surface area contributed by atoms with Gasteiger partial charge in [0.2, 0.25) is 5.13 Å². The first-order valence-corrected chi connectivity index (χ1v) is 14.8. The number of hydrogen-bond donors (Lipinski definition) is 1. The number of hydrogen-bond acceptors (Lipinski definition) is 9. The first-order chi connectivity index (χ1) is 20.4. The van der Waals surface area contributed by atoms with Crippen LogP contribution < -0.4 is 9.64 Å². The molecule has 1 atom stereocenters. The Kier molecular flexibility index (Phi) is 7.48. The summed E-state index contributed by atoms with van der Waals surface area (Å²) in [6.07, 6.45) is 1.74. The van der Waals surface area contributed by atoms with Crippen LogP contribution in [0.4, 0.5) is 9.52 Å². The molecule has 1 saturated heterocycles. The number of aromatic nitrogens is 4. The first-order valence-electron chi connectivity index (χ1n) is 13.0. The van der Waals surface area contributed by atoms with Gasteiger partial charge in [-0.2, -0.15) is 0 Å². The van der Waals surface area contributed by atoms with E-state index in [0.717, 1.165) is 16.9 Å². The van der Waals surface area contributed by atoms with Crippen molar-refractivity contribution in [1.82, 2.24) is 19.6 Å². The molecule has 0 aliphatic carbocycles. The van der Waals surface area contributed by atoms with Crippen molar-refractivity contribution in [2.24, 2.45) is 0 Å². The lowest BCUT2D eigenvalue weighted by Crippen LogP contribution is -2.29. The van der Waals surface area contributed by atoms with Gasteiger partial charge in [0, 0.05) is 11.9 Å². The maximum atomic E-state index is 13.7. The Morgan fingerprint density at radius 3 is 2.69 bits per heavy atom. The number of ether oxygens (including phenoxy) is 1. The summed E-state index contributed by atoms with van der Waals surface area (Å²) in [7, 11) is 0. The third kappa shape index (κ3) is 5.03. The van der Waals surface area contributed by atoms with Crippen molar-refractivity contribution in [3.05, 3.63) is 107 Å². The predicted octanol–water partition coefficient (Wildman–Crippen LogP) is 5.95. The Hall–Kier alpha value is -4.55. The number of nitrogens with zero attached hydrogens (tertiary/aromatic N) is 5. The molecule has 1 aliphatic heterocycles. The van der Waals surface area contributed by atoms with Crippen molar-refractivity contribution in [2.45, 2.75) is 30.0 Å². The second-order valence-corrected chi connectivity index (χ2v) is 11.6. The summed E-state index contributed by atoms with van der Waals surface area (Å²) < 4.78 is 21.2. The second kappa shape index (κ2) is 11.4. The lowest BCUT2D eigenvalue weighted by atomic mass is 9.96. The van der Waals surface area contributed by atoms with Crippen LogP contribution >= 0.6 is 23.1 Å². The summed E-state index contributed by atoms with van der Waals surface area (Å²) >= 11 is 2.54. The number of pyridine rings is 1. The van der Waals surface area contributed by atoms with E-state index in [1.807, 2.05) is 13.0 Å². The minimum atomic E-state index is -0.998. The van der Waals surface area contributed by atoms with E-state index in [1.54, 1.807) is 66.1 Å². The standard InChI is InChI=1S/C30H24FN5O4S2/c1-3-40-21-8-6-7-19(15-21)25-23(26(37)24-17(2)32-22-9-4-5-14-35(22)24)27(38)28(39)36(25)29-33-34-30(42-29)41-16-18-10-12-20(31)13-11-18/h4-15,25,37H,3,16H2,1-2H3/b26-23+. The predicted molar refractivity (Wildman–Crippen MR) is 158 cm³/mol. The molecule has 1 fully saturated rings. The fraction of sp³-hybridized carbons (Fsp3) is 0.167. The molecule has 1 N–H and O–H groups in total. The molecular weight excluding hydrogens is 577 g/mol. The molecule has 6 rings (SSSR count). The molecule has 1 unspecified atom stereocenters. The van der Waals surface area contributed by atoms with Crippen molar-refractivity contribution in [3.8, 4) is 5.75 Å². The van der Waals surface area contributed by atoms with E-state index in [0.29, 0.717) is 45.0 Å². The highest BCUT2D eigenvalue weighted by atomic mass is 32.2. The summed E-state index contributed by atoms with van der Waals surface area (Å²) in [5.74, 6) is -1.26. The van der Waals surface area contributed by atoms with Gasteiger partial charge in [-0.3, -0.25) is 18.9 Å². The summed E-state index contributed by atoms with van der Waals surface area (Å²) in [6, 6.07) is 17.6. The minimum Gasteiger partial charge on any atom is -0.505 e. The van der Waals surface area contributed by atoms with Crippen LogP contribution in [0.25, 0.3) is 11.4 Å². The van der Waals surface area contributed by atoms with Crippen LogP contribution in [0, 0.1) is 12.7 Å². The van der Waals surface area contributed by atoms with Crippen LogP contribution in [0.1, 0.15) is 35.5 Å². The monoisotopic (exact) mass is 601 g/mol. The van der Waals surface area contributed by atoms with Crippen molar-refractivity contribution >= 4 is 51.3 Å². The highest BCUT2D eigenvalue weighted by molar-refractivity contribution is 8.00. The molecule has 212 valence electrons. The summed E-state index contributed by atoms with van der Waals surface area (Å²) in [5.41, 5.74) is 2.79. The largest absolute Gasteiger partial charge is 0.505 e. The number of thioether (sulfide) groups is 1. The molecule has 0 bridgehead atoms. The average molecular weight is 602 g/mol. The topological polar surface area (TPSA) is 110 Å². The zero-order valence-corrected chi connectivity index (χ0v) is 24.2. The number of rotatable bonds is 8. The number of imidazole rings is 1. The van der Waals surface area contributed by atoms with E-state index in [-0.39, 0.29) is 22.3 Å². The van der Waals surface area contributed by atoms with E-state index >= 15 is 0 Å². The molecule has 4 heterocycles. The number of fused-ring (bicyclic) bond motifs is 1. The zero-order chi connectivity index (χ0) is 29.4. The normalized spacial score (nSPS) is 16.5. The fourth-order valence-electron chi connectivity index (χ4n) is 4.90. The summed E-state index contributed by atoms with van der Waals surface area (Å²) in [5, 5.41) is 20.4. The molecule has 5 aromatic rings. The summed E-state index contributed by atoms with van der Waals surface area (Å²) in [4.78, 5) is 33.1. The van der Waals surface area contributed by atoms with Crippen LogP contribution in [-0.2, 0) is 15.3 Å². The lowest BCUT2D eigenvalue weighted by molar-refractivity contribution is -0.132. The van der Waals surface area contributed by atoms with Gasteiger partial charge in [0.05, 0.1) is 23.9 Å². The van der Waals surface area contributed by atoms with Gasteiger partial charge in [-0.1, -0.05) is 53.4 Å². The van der Waals surface area contributed by atoms with Gasteiger partial charge in [0.25, 0.3) is 5.78 Å². The number of benzene rings is 2. The van der Waals surface area contributed by atoms with Gasteiger partial charge in [0.1, 0.15) is 22.9 Å². The molecule has 2 aromatic carbocycles. The van der Waals surface area contributed by atoms with E-state index < -0.39 is 17.7 Å². The molecule has 1 amide bonds. The molecule has 12 heteroatoms. The Morgan fingerprint density at radius 1 is 1.10 bits per heavy atom. The second-order valence-electron chi connectivity index (χ2n) is 9.41. The summed E-state index contributed by atoms with van der Waals surface area (Å²) in [6.45, 7) is 4.02. The third-order valence-corrected chi connectivity index (χ3v) is 8.86. The van der Waals surface area contributed by atoms with Gasteiger partial charge in [-0.15, -0.1) is 10.2 Å². The Morgan fingerprint density at radius 2 is 1.90 bits per heavy atom. The number of amides is 1. The number of aliphatic hydroxyl groups is 1. The van der Waals surface area contributed by atoms with E-state index in [2.05, 4.69) is 15.2 Å². The van der Waals surface area contributed by atoms with Gasteiger partial charge in [-0.05, 0) is 61.4 Å². The smallest absolute Gasteiger partial charge is 0.301 e. The van der Waals surface area contributed by atoms with Crippen molar-refractivity contribution in [1.29, 1.82) is 0 Å². The van der Waals surface area contributed by atoms with Crippen LogP contribution in [0.3, 0.4) is 0 Å². The molecule has 0 saturated carbocycles. The zero-order valence-electron chi connectivity index (χ0n) is 22.5. The maximum Gasteiger partial charge on any atom is 0.301 e. The molecule has 0 spiro atoms. The molecule has 3 aromatic heterocycles. The van der Waals surface area contributed by atoms with Crippen molar-refractivity contribution in [2.75, 3.05) is 11.5 Å². The third-order valence-electron chi connectivity index (χ3n) is 6.74. The molecule has 1 aliphatic rings. The number of carbonyl (C=O) groups excluding carboxylic acids is 2. The number of aliphatic hydroxyl groups excluding tert-OH is 1. The Labute approximate surface area is 248 Å². The van der Waals surface area contributed by atoms with Gasteiger partial charge >= 0.3 is 5.91 Å². The van der Waals surface area contributed by atoms with E-state index in [9.17, 15) is 19.1 Å². The number of aryl methyl sites for hydroxylation is 1. The maximum absolute atomic E-state index is 13.7. The Bertz CT molecular complexity index is 1850. The van der Waals surface area contributed by atoms with E-state index in [4.69, 9.17) is 4.74 Å². The quantitative estimate of drug-likeness (QED) is 0.0764. The first kappa shape index (κ1) is 27.6. The fourth-order valence-corrected chi connectivity index (χ4v) is 6.72. The van der Waals surface area contributed by atoms with Crippen molar-refractivity contribution < 1.29 is 23.8 Å². The van der Waals surface area contributed by atoms with Gasteiger partial charge in [-0.25, -0.2) is 9.37 Å². The highest BCUT2D eigenvalue weighted by Crippen LogP contribution is 2.45. The van der Waals surface area contributed by atoms with Crippen LogP contribution in [0.15, 0.2) is 82.8 Å². The van der Waals surface area contributed by atoms with Crippen LogP contribution in [0.2, 0.25) is 0 Å². The molecule has 42 heavy (non-hydrogen) atoms. The van der Waals surface area contributed by atoms with Gasteiger partial charge < -0.3 is 9.84 Å². The van der Waals surface area contributed by atoms with Crippen LogP contribution in [-0.4, -0.2) is 43.0 Å². The van der Waals surface area contributed by atoms with Gasteiger partial charge in [0.15, 0.2) is 10.1 Å². The molecule has 9 nitrogen and oxygen atoms in total. The number of halogens is 1. The lowest BCUT2D eigenvalue weighted by Gasteiger charge is -2.23. The van der Waals surface area contributed by atoms with Crippen LogP contribution in [0.5, 0.6) is 5.75 Å². The van der Waals surface area contributed by atoms with E-state index in [1.165, 1.54) is 28.8 Å².